The third-order valence-electron chi connectivity index (χ3n) is 4.77. The largest absolute Gasteiger partial charge is 0.454 e. The van der Waals surface area contributed by atoms with E-state index in [0.29, 0.717) is 30.0 Å². The second-order valence-corrected chi connectivity index (χ2v) is 8.82. The summed E-state index contributed by atoms with van der Waals surface area (Å²) in [5.41, 5.74) is -0.709. The van der Waals surface area contributed by atoms with Gasteiger partial charge in [0.05, 0.1) is 16.7 Å². The standard InChI is InChI=1S/C20H23Cl2N3O4S/c1-30-9-6-16(24-18(27)14-5-4-13(21)10-15(14)22)19(28)29-11-17(26)25-20(12-23)7-2-3-8-20/h4-5,10,16H,2-3,6-9,11H2,1H3,(H,24,27)(H,25,26). The lowest BCUT2D eigenvalue weighted by atomic mass is 10.00. The first-order chi connectivity index (χ1) is 14.3. The number of carbonyl (C=O) groups is 3. The van der Waals surface area contributed by atoms with Crippen LogP contribution in [0.2, 0.25) is 10.0 Å². The van der Waals surface area contributed by atoms with Crippen LogP contribution in [0.4, 0.5) is 0 Å². The number of amides is 2. The van der Waals surface area contributed by atoms with E-state index in [1.54, 1.807) is 0 Å². The summed E-state index contributed by atoms with van der Waals surface area (Å²) in [4.78, 5) is 37.2. The molecule has 0 spiro atoms. The Morgan fingerprint density at radius 3 is 2.60 bits per heavy atom. The van der Waals surface area contributed by atoms with Gasteiger partial charge in [0.25, 0.3) is 11.8 Å². The highest BCUT2D eigenvalue weighted by molar-refractivity contribution is 7.98. The van der Waals surface area contributed by atoms with Crippen LogP contribution in [0.3, 0.4) is 0 Å². The van der Waals surface area contributed by atoms with Crippen molar-refractivity contribution in [3.8, 4) is 6.07 Å². The quantitative estimate of drug-likeness (QED) is 0.534. The minimum atomic E-state index is -0.944. The van der Waals surface area contributed by atoms with Gasteiger partial charge in [0, 0.05) is 5.02 Å². The van der Waals surface area contributed by atoms with Crippen LogP contribution in [0.5, 0.6) is 0 Å². The minimum Gasteiger partial charge on any atom is -0.454 e. The van der Waals surface area contributed by atoms with Gasteiger partial charge in [-0.25, -0.2) is 4.79 Å². The molecule has 0 aliphatic heterocycles. The zero-order valence-electron chi connectivity index (χ0n) is 16.5. The summed E-state index contributed by atoms with van der Waals surface area (Å²) in [6.45, 7) is -0.518. The molecule has 1 aromatic rings. The van der Waals surface area contributed by atoms with Crippen LogP contribution in [-0.4, -0.2) is 48.0 Å². The molecule has 1 aromatic carbocycles. The van der Waals surface area contributed by atoms with E-state index in [0.717, 1.165) is 12.8 Å². The van der Waals surface area contributed by atoms with Gasteiger partial charge in [-0.3, -0.25) is 9.59 Å². The Morgan fingerprint density at radius 2 is 2.00 bits per heavy atom. The molecule has 0 heterocycles. The van der Waals surface area contributed by atoms with Crippen molar-refractivity contribution in [1.29, 1.82) is 5.26 Å². The fraction of sp³-hybridized carbons (Fsp3) is 0.500. The number of halogens is 2. The SMILES string of the molecule is CSCCC(NC(=O)c1ccc(Cl)cc1Cl)C(=O)OCC(=O)NC1(C#N)CCCC1. The van der Waals surface area contributed by atoms with E-state index in [1.807, 2.05) is 6.26 Å². The first kappa shape index (κ1) is 24.3. The molecule has 1 aliphatic rings. The molecule has 1 fully saturated rings. The summed E-state index contributed by atoms with van der Waals surface area (Å²) >= 11 is 13.4. The van der Waals surface area contributed by atoms with E-state index < -0.39 is 36.0 Å². The summed E-state index contributed by atoms with van der Waals surface area (Å²) < 4.78 is 5.11. The number of hydrogen-bond acceptors (Lipinski definition) is 6. The fourth-order valence-electron chi connectivity index (χ4n) is 3.18. The predicted octanol–water partition coefficient (Wildman–Crippen LogP) is 3.34. The molecule has 2 amide bonds. The summed E-state index contributed by atoms with van der Waals surface area (Å²) in [5.74, 6) is -1.21. The van der Waals surface area contributed by atoms with Crippen LogP contribution in [-0.2, 0) is 14.3 Å². The van der Waals surface area contributed by atoms with Gasteiger partial charge in [0.15, 0.2) is 6.61 Å². The number of nitrogens with zero attached hydrogens (tertiary/aromatic N) is 1. The highest BCUT2D eigenvalue weighted by Gasteiger charge is 2.35. The van der Waals surface area contributed by atoms with Crippen LogP contribution in [0.25, 0.3) is 0 Å². The molecule has 162 valence electrons. The van der Waals surface area contributed by atoms with Crippen molar-refractivity contribution in [2.24, 2.45) is 0 Å². The van der Waals surface area contributed by atoms with Crippen LogP contribution >= 0.6 is 35.0 Å². The third kappa shape index (κ3) is 6.79. The van der Waals surface area contributed by atoms with Crippen molar-refractivity contribution >= 4 is 52.7 Å². The first-order valence-electron chi connectivity index (χ1n) is 9.44. The van der Waals surface area contributed by atoms with E-state index in [1.165, 1.54) is 30.0 Å². The number of ether oxygens (including phenoxy) is 1. The number of nitriles is 1. The highest BCUT2D eigenvalue weighted by Crippen LogP contribution is 2.28. The van der Waals surface area contributed by atoms with E-state index >= 15 is 0 Å². The maximum absolute atomic E-state index is 12.5. The van der Waals surface area contributed by atoms with Crippen LogP contribution < -0.4 is 10.6 Å². The summed E-state index contributed by atoms with van der Waals surface area (Å²) in [6, 6.07) is 5.63. The van der Waals surface area contributed by atoms with E-state index in [9.17, 15) is 19.6 Å². The normalized spacial score (nSPS) is 15.7. The number of benzene rings is 1. The van der Waals surface area contributed by atoms with Gasteiger partial charge >= 0.3 is 5.97 Å². The summed E-state index contributed by atoms with van der Waals surface area (Å²) in [5, 5.41) is 15.1. The molecule has 7 nitrogen and oxygen atoms in total. The molecule has 10 heteroatoms. The third-order valence-corrected chi connectivity index (χ3v) is 5.96. The zero-order chi connectivity index (χ0) is 22.1. The lowest BCUT2D eigenvalue weighted by molar-refractivity contribution is -0.150. The van der Waals surface area contributed by atoms with Gasteiger partial charge in [-0.15, -0.1) is 0 Å². The number of rotatable bonds is 9. The Kier molecular flexibility index (Phi) is 9.28. The maximum atomic E-state index is 12.5. The molecule has 30 heavy (non-hydrogen) atoms. The molecule has 1 aliphatic carbocycles. The lowest BCUT2D eigenvalue weighted by Gasteiger charge is -2.22. The van der Waals surface area contributed by atoms with Crippen molar-refractivity contribution < 1.29 is 19.1 Å². The number of carbonyl (C=O) groups excluding carboxylic acids is 3. The van der Waals surface area contributed by atoms with Crippen LogP contribution in [0, 0.1) is 11.3 Å². The Labute approximate surface area is 189 Å². The Hall–Kier alpha value is -1.95. The number of nitrogens with one attached hydrogen (secondary N) is 2. The van der Waals surface area contributed by atoms with Gasteiger partial charge < -0.3 is 15.4 Å². The molecular formula is C20H23Cl2N3O4S. The van der Waals surface area contributed by atoms with Gasteiger partial charge in [-0.1, -0.05) is 23.2 Å². The molecule has 2 N–H and O–H groups in total. The monoisotopic (exact) mass is 471 g/mol. The van der Waals surface area contributed by atoms with Crippen molar-refractivity contribution in [3.63, 3.8) is 0 Å². The Balaban J connectivity index is 1.96. The maximum Gasteiger partial charge on any atom is 0.329 e. The van der Waals surface area contributed by atoms with Crippen molar-refractivity contribution in [2.75, 3.05) is 18.6 Å². The Bertz CT molecular complexity index is 838. The second-order valence-electron chi connectivity index (χ2n) is 6.99. The van der Waals surface area contributed by atoms with Gasteiger partial charge in [-0.05, 0) is 62.3 Å². The van der Waals surface area contributed by atoms with E-state index in [4.69, 9.17) is 27.9 Å². The molecule has 1 saturated carbocycles. The molecule has 0 radical (unpaired) electrons. The highest BCUT2D eigenvalue weighted by atomic mass is 35.5. The average Bonchev–Trinajstić information content (AvgIpc) is 3.18. The zero-order valence-corrected chi connectivity index (χ0v) is 18.8. The number of esters is 1. The van der Waals surface area contributed by atoms with Gasteiger partial charge in [-0.2, -0.15) is 17.0 Å². The first-order valence-corrected chi connectivity index (χ1v) is 11.6. The molecule has 0 bridgehead atoms. The summed E-state index contributed by atoms with van der Waals surface area (Å²) in [6.07, 6.45) is 5.08. The molecule has 2 rings (SSSR count). The minimum absolute atomic E-state index is 0.162. The number of hydrogen-bond donors (Lipinski definition) is 2. The van der Waals surface area contributed by atoms with Gasteiger partial charge in [0.2, 0.25) is 0 Å². The van der Waals surface area contributed by atoms with Crippen LogP contribution in [0.1, 0.15) is 42.5 Å². The fourth-order valence-corrected chi connectivity index (χ4v) is 4.14. The molecular weight excluding hydrogens is 449 g/mol. The van der Waals surface area contributed by atoms with Crippen molar-refractivity contribution in [2.45, 2.75) is 43.7 Å². The van der Waals surface area contributed by atoms with Crippen molar-refractivity contribution in [3.05, 3.63) is 33.8 Å². The Morgan fingerprint density at radius 1 is 1.30 bits per heavy atom. The molecule has 1 unspecified atom stereocenters. The topological polar surface area (TPSA) is 108 Å². The van der Waals surface area contributed by atoms with Crippen LogP contribution in [0.15, 0.2) is 18.2 Å². The van der Waals surface area contributed by atoms with Crippen molar-refractivity contribution in [1.82, 2.24) is 10.6 Å². The average molecular weight is 472 g/mol. The van der Waals surface area contributed by atoms with E-state index in [-0.39, 0.29) is 10.6 Å². The summed E-state index contributed by atoms with van der Waals surface area (Å²) in [7, 11) is 0. The second kappa shape index (κ2) is 11.4. The smallest absolute Gasteiger partial charge is 0.329 e. The molecule has 0 aromatic heterocycles. The molecule has 0 saturated heterocycles. The lowest BCUT2D eigenvalue weighted by Crippen LogP contribution is -2.48. The number of thioether (sulfide) groups is 1. The predicted molar refractivity (Wildman–Crippen MR) is 117 cm³/mol. The van der Waals surface area contributed by atoms with E-state index in [2.05, 4.69) is 16.7 Å². The molecule has 1 atom stereocenters. The van der Waals surface area contributed by atoms with Gasteiger partial charge in [0.1, 0.15) is 11.6 Å².